The molecule has 0 aromatic heterocycles. The molecule has 0 amide bonds. The van der Waals surface area contributed by atoms with Crippen LogP contribution in [0, 0.1) is 5.41 Å². The van der Waals surface area contributed by atoms with E-state index in [9.17, 15) is 0 Å². The first-order valence-electron chi connectivity index (χ1n) is 7.06. The van der Waals surface area contributed by atoms with Crippen molar-refractivity contribution in [3.8, 4) is 0 Å². The lowest BCUT2D eigenvalue weighted by Gasteiger charge is -2.32. The van der Waals surface area contributed by atoms with E-state index in [1.54, 1.807) is 0 Å². The average molecular weight is 257 g/mol. The van der Waals surface area contributed by atoms with Gasteiger partial charge in [-0.3, -0.25) is 0 Å². The zero-order valence-electron chi connectivity index (χ0n) is 13.8. The molecule has 1 unspecified atom stereocenters. The molecule has 1 aliphatic rings. The summed E-state index contributed by atoms with van der Waals surface area (Å²) in [6, 6.07) is 0. The molecule has 1 heterocycles. The van der Waals surface area contributed by atoms with Crippen LogP contribution in [0.4, 0.5) is 0 Å². The molecule has 108 valence electrons. The van der Waals surface area contributed by atoms with Crippen molar-refractivity contribution in [1.29, 1.82) is 0 Å². The monoisotopic (exact) mass is 257 g/mol. The summed E-state index contributed by atoms with van der Waals surface area (Å²) in [5, 5.41) is 0. The fourth-order valence-corrected chi connectivity index (χ4v) is 1.87. The predicted molar refractivity (Wildman–Crippen MR) is 79.5 cm³/mol. The van der Waals surface area contributed by atoms with Crippen LogP contribution in [0.3, 0.4) is 0 Å². The molecule has 0 aliphatic carbocycles. The van der Waals surface area contributed by atoms with Gasteiger partial charge < -0.3 is 15.0 Å². The Labute approximate surface area is 114 Å². The second kappa shape index (κ2) is 5.93. The van der Waals surface area contributed by atoms with Crippen molar-refractivity contribution in [1.82, 2.24) is 0 Å². The average Bonchev–Trinajstić information content (AvgIpc) is 2.37. The van der Waals surface area contributed by atoms with Crippen LogP contribution in [-0.4, -0.2) is 24.3 Å². The summed E-state index contributed by atoms with van der Waals surface area (Å²) < 4.78 is 11.8. The Morgan fingerprint density at radius 1 is 1.00 bits per heavy atom. The molecule has 3 nitrogen and oxygen atoms in total. The van der Waals surface area contributed by atoms with Gasteiger partial charge in [0.25, 0.3) is 0 Å². The van der Waals surface area contributed by atoms with Gasteiger partial charge in [0.15, 0.2) is 0 Å². The maximum atomic E-state index is 6.16. The van der Waals surface area contributed by atoms with Crippen molar-refractivity contribution in [2.75, 3.05) is 0 Å². The first kappa shape index (κ1) is 17.9. The lowest BCUT2D eigenvalue weighted by Crippen LogP contribution is -2.43. The molecule has 1 aliphatic heterocycles. The Hall–Kier alpha value is -0.0551. The summed E-state index contributed by atoms with van der Waals surface area (Å²) in [7, 11) is -0.288. The summed E-state index contributed by atoms with van der Waals surface area (Å²) in [5.41, 5.74) is 5.79. The van der Waals surface area contributed by atoms with Crippen LogP contribution in [0.25, 0.3) is 0 Å². The van der Waals surface area contributed by atoms with Crippen molar-refractivity contribution >= 4 is 7.12 Å². The van der Waals surface area contributed by atoms with Gasteiger partial charge in [-0.1, -0.05) is 34.6 Å². The molecule has 0 aromatic rings. The molecule has 18 heavy (non-hydrogen) atoms. The molecule has 1 atom stereocenters. The van der Waals surface area contributed by atoms with Crippen molar-refractivity contribution in [2.24, 2.45) is 11.1 Å². The van der Waals surface area contributed by atoms with E-state index < -0.39 is 0 Å². The van der Waals surface area contributed by atoms with Crippen LogP contribution >= 0.6 is 0 Å². The highest BCUT2D eigenvalue weighted by atomic mass is 16.7. The van der Waals surface area contributed by atoms with E-state index in [1.807, 2.05) is 13.8 Å². The van der Waals surface area contributed by atoms with Crippen LogP contribution in [0.5, 0.6) is 0 Å². The predicted octanol–water partition coefficient (Wildman–Crippen LogP) is 3.41. The van der Waals surface area contributed by atoms with Gasteiger partial charge in [-0.15, -0.1) is 0 Å². The third-order valence-electron chi connectivity index (χ3n) is 3.47. The van der Waals surface area contributed by atoms with Crippen LogP contribution in [0.15, 0.2) is 0 Å². The minimum Gasteiger partial charge on any atom is -0.402 e. The topological polar surface area (TPSA) is 44.5 Å². The van der Waals surface area contributed by atoms with Gasteiger partial charge >= 0.3 is 7.12 Å². The van der Waals surface area contributed by atoms with Crippen LogP contribution in [0.1, 0.15) is 68.7 Å². The molecule has 0 bridgehead atoms. The molecular formula is C14H32BNO2. The lowest BCUT2D eigenvalue weighted by molar-refractivity contribution is 0.00578. The zero-order valence-corrected chi connectivity index (χ0v) is 13.8. The Balaban J connectivity index is 0.00000137. The number of nitrogens with two attached hydrogens (primary N) is 1. The van der Waals surface area contributed by atoms with Gasteiger partial charge in [0, 0.05) is 5.94 Å². The summed E-state index contributed by atoms with van der Waals surface area (Å²) in [6.45, 7) is 18.7. The highest BCUT2D eigenvalue weighted by Gasteiger charge is 2.53. The standard InChI is InChI=1S/C12H26BNO2.C2H6/c1-10(2,3)8-9(14)13-15-11(4,5)12(6,7)16-13;1-2/h9H,8,14H2,1-7H3;1-2H3. The summed E-state index contributed by atoms with van der Waals surface area (Å²) in [6.07, 6.45) is 0.893. The Bertz CT molecular complexity index is 243. The largest absolute Gasteiger partial charge is 0.475 e. The van der Waals surface area contributed by atoms with Crippen LogP contribution in [0.2, 0.25) is 0 Å². The van der Waals surface area contributed by atoms with Gasteiger partial charge in [-0.05, 0) is 39.5 Å². The molecule has 0 spiro atoms. The second-order valence-electron chi connectivity index (χ2n) is 7.05. The summed E-state index contributed by atoms with van der Waals surface area (Å²) in [5.74, 6) is -0.0685. The van der Waals surface area contributed by atoms with Crippen molar-refractivity contribution < 1.29 is 9.31 Å². The highest BCUT2D eigenvalue weighted by Crippen LogP contribution is 2.38. The van der Waals surface area contributed by atoms with E-state index in [-0.39, 0.29) is 29.7 Å². The summed E-state index contributed by atoms with van der Waals surface area (Å²) >= 11 is 0. The second-order valence-corrected chi connectivity index (χ2v) is 7.05. The van der Waals surface area contributed by atoms with E-state index in [4.69, 9.17) is 15.0 Å². The third kappa shape index (κ3) is 4.56. The minimum absolute atomic E-state index is 0.0685. The number of hydrogen-bond donors (Lipinski definition) is 1. The minimum atomic E-state index is -0.288. The van der Waals surface area contributed by atoms with E-state index >= 15 is 0 Å². The van der Waals surface area contributed by atoms with Crippen molar-refractivity contribution in [3.63, 3.8) is 0 Å². The smallest absolute Gasteiger partial charge is 0.402 e. The van der Waals surface area contributed by atoms with E-state index in [0.29, 0.717) is 0 Å². The van der Waals surface area contributed by atoms with Gasteiger partial charge in [0.1, 0.15) is 0 Å². The van der Waals surface area contributed by atoms with Gasteiger partial charge in [0.05, 0.1) is 11.2 Å². The van der Waals surface area contributed by atoms with Crippen molar-refractivity contribution in [2.45, 2.75) is 85.9 Å². The lowest BCUT2D eigenvalue weighted by atomic mass is 9.71. The first-order chi connectivity index (χ1) is 7.95. The quantitative estimate of drug-likeness (QED) is 0.771. The maximum Gasteiger partial charge on any atom is 0.475 e. The Kier molecular flexibility index (Phi) is 5.92. The first-order valence-corrected chi connectivity index (χ1v) is 7.06. The number of rotatable bonds is 2. The summed E-state index contributed by atoms with van der Waals surface area (Å²) in [4.78, 5) is 0. The molecule has 4 heteroatoms. The Morgan fingerprint density at radius 3 is 1.61 bits per heavy atom. The number of hydrogen-bond acceptors (Lipinski definition) is 3. The molecule has 0 aromatic carbocycles. The maximum absolute atomic E-state index is 6.16. The SMILES string of the molecule is CC.CC(C)(C)CC(N)B1OC(C)(C)C(C)(C)O1. The highest BCUT2D eigenvalue weighted by molar-refractivity contribution is 6.47. The molecular weight excluding hydrogens is 225 g/mol. The molecule has 0 radical (unpaired) electrons. The van der Waals surface area contributed by atoms with E-state index in [1.165, 1.54) is 0 Å². The zero-order chi connectivity index (χ0) is 14.8. The molecule has 1 saturated heterocycles. The van der Waals surface area contributed by atoms with Crippen LogP contribution < -0.4 is 5.73 Å². The fourth-order valence-electron chi connectivity index (χ4n) is 1.87. The van der Waals surface area contributed by atoms with Gasteiger partial charge in [-0.2, -0.15) is 0 Å². The molecule has 2 N–H and O–H groups in total. The molecule has 0 saturated carbocycles. The fraction of sp³-hybridized carbons (Fsp3) is 1.00. The van der Waals surface area contributed by atoms with E-state index in [2.05, 4.69) is 48.5 Å². The van der Waals surface area contributed by atoms with Gasteiger partial charge in [0.2, 0.25) is 0 Å². The van der Waals surface area contributed by atoms with E-state index in [0.717, 1.165) is 6.42 Å². The van der Waals surface area contributed by atoms with Crippen molar-refractivity contribution in [3.05, 3.63) is 0 Å². The molecule has 1 fully saturated rings. The van der Waals surface area contributed by atoms with Gasteiger partial charge in [-0.25, -0.2) is 0 Å². The molecule has 1 rings (SSSR count). The third-order valence-corrected chi connectivity index (χ3v) is 3.47. The Morgan fingerprint density at radius 2 is 1.33 bits per heavy atom. The van der Waals surface area contributed by atoms with Crippen LogP contribution in [-0.2, 0) is 9.31 Å². The normalized spacial score (nSPS) is 23.3.